The lowest BCUT2D eigenvalue weighted by atomic mass is 10.0. The van der Waals surface area contributed by atoms with E-state index in [1.54, 1.807) is 0 Å². The Kier molecular flexibility index (Phi) is 5.99. The Morgan fingerprint density at radius 2 is 1.00 bits per heavy atom. The highest BCUT2D eigenvalue weighted by molar-refractivity contribution is 7.22. The second kappa shape index (κ2) is 10.6. The first-order valence-electron chi connectivity index (χ1n) is 16.6. The van der Waals surface area contributed by atoms with Gasteiger partial charge in [0, 0.05) is 28.7 Å². The minimum absolute atomic E-state index is 0.768. The molecule has 224 valence electrons. The van der Waals surface area contributed by atoms with Crippen LogP contribution < -0.4 is 20.7 Å². The molecule has 10 rings (SSSR count). The zero-order valence-electron chi connectivity index (χ0n) is 26.3. The average molecular weight is 627 g/mol. The second-order valence-corrected chi connectivity index (χ2v) is 16.6. The van der Waals surface area contributed by atoms with E-state index < -0.39 is 8.07 Å². The maximum absolute atomic E-state index is 5.28. The van der Waals surface area contributed by atoms with Crippen LogP contribution in [0.4, 0.5) is 0 Å². The molecule has 0 saturated heterocycles. The molecule has 0 amide bonds. The quantitative estimate of drug-likeness (QED) is 0.186. The molecule has 0 spiro atoms. The van der Waals surface area contributed by atoms with Gasteiger partial charge in [-0.05, 0) is 48.2 Å². The Hall–Kier alpha value is -5.90. The van der Waals surface area contributed by atoms with Gasteiger partial charge in [0.25, 0.3) is 0 Å². The van der Waals surface area contributed by atoms with Crippen molar-refractivity contribution < 1.29 is 0 Å². The summed E-state index contributed by atoms with van der Waals surface area (Å²) in [5.74, 6) is 0.768. The van der Waals surface area contributed by atoms with Crippen molar-refractivity contribution in [2.45, 2.75) is 6.42 Å². The average Bonchev–Trinajstić information content (AvgIpc) is 3.69. The Bertz CT molecular complexity index is 2490. The molecule has 1 aliphatic carbocycles. The van der Waals surface area contributed by atoms with Gasteiger partial charge in [0.2, 0.25) is 0 Å². The van der Waals surface area contributed by atoms with Crippen molar-refractivity contribution in [1.29, 1.82) is 0 Å². The molecule has 0 unspecified atom stereocenters. The summed E-state index contributed by atoms with van der Waals surface area (Å²) < 4.78 is 0. The molecule has 8 aromatic rings. The molecule has 1 aromatic heterocycles. The van der Waals surface area contributed by atoms with Crippen LogP contribution in [0.5, 0.6) is 0 Å². The van der Waals surface area contributed by atoms with Gasteiger partial charge >= 0.3 is 0 Å². The van der Waals surface area contributed by atoms with Gasteiger partial charge in [-0.2, -0.15) is 0 Å². The third-order valence-corrected chi connectivity index (χ3v) is 15.3. The Morgan fingerprint density at radius 3 is 1.75 bits per heavy atom. The molecule has 2 aliphatic rings. The van der Waals surface area contributed by atoms with Gasteiger partial charge < -0.3 is 0 Å². The van der Waals surface area contributed by atoms with Crippen molar-refractivity contribution in [2.75, 3.05) is 0 Å². The SMILES string of the molecule is c1ccc(-c2nc(-c3ccc([Si]4(c5ccc6ccccc6c5)c5ccccc5-c5ccccc54)cc3)nc3c2Cc2ccccc2-3)cc1. The smallest absolute Gasteiger partial charge is 0.180 e. The van der Waals surface area contributed by atoms with E-state index in [4.69, 9.17) is 9.97 Å². The highest BCUT2D eigenvalue weighted by Crippen LogP contribution is 2.41. The number of hydrogen-bond donors (Lipinski definition) is 0. The van der Waals surface area contributed by atoms with Crippen molar-refractivity contribution >= 4 is 39.6 Å². The maximum Gasteiger partial charge on any atom is 0.180 e. The fourth-order valence-electron chi connectivity index (χ4n) is 8.25. The van der Waals surface area contributed by atoms with Crippen LogP contribution >= 0.6 is 0 Å². The van der Waals surface area contributed by atoms with Crippen molar-refractivity contribution in [3.63, 3.8) is 0 Å². The van der Waals surface area contributed by atoms with Gasteiger partial charge in [-0.1, -0.05) is 170 Å². The van der Waals surface area contributed by atoms with Gasteiger partial charge in [0.05, 0.1) is 11.4 Å². The van der Waals surface area contributed by atoms with Crippen molar-refractivity contribution in [1.82, 2.24) is 9.97 Å². The number of aromatic nitrogens is 2. The summed E-state index contributed by atoms with van der Waals surface area (Å²) in [6.45, 7) is 0. The van der Waals surface area contributed by atoms with Gasteiger partial charge in [0.15, 0.2) is 13.9 Å². The first-order valence-corrected chi connectivity index (χ1v) is 18.6. The summed E-state index contributed by atoms with van der Waals surface area (Å²) in [5.41, 5.74) is 10.7. The second-order valence-electron chi connectivity index (χ2n) is 12.9. The molecule has 2 nitrogen and oxygen atoms in total. The lowest BCUT2D eigenvalue weighted by Crippen LogP contribution is -2.72. The van der Waals surface area contributed by atoms with E-state index in [1.165, 1.54) is 59.3 Å². The zero-order chi connectivity index (χ0) is 31.7. The summed E-state index contributed by atoms with van der Waals surface area (Å²) in [6.07, 6.45) is 0.855. The Balaban J connectivity index is 1.19. The number of rotatable bonds is 4. The van der Waals surface area contributed by atoms with Crippen LogP contribution in [0.15, 0.2) is 170 Å². The van der Waals surface area contributed by atoms with E-state index in [0.717, 1.165) is 34.8 Å². The van der Waals surface area contributed by atoms with E-state index in [9.17, 15) is 0 Å². The zero-order valence-corrected chi connectivity index (χ0v) is 27.3. The number of fused-ring (bicyclic) bond motifs is 7. The van der Waals surface area contributed by atoms with Crippen LogP contribution in [0.3, 0.4) is 0 Å². The number of nitrogens with zero attached hydrogens (tertiary/aromatic N) is 2. The molecule has 0 N–H and O–H groups in total. The topological polar surface area (TPSA) is 25.8 Å². The van der Waals surface area contributed by atoms with E-state index in [1.807, 2.05) is 0 Å². The molecular formula is C45H30N2Si. The van der Waals surface area contributed by atoms with E-state index in [-0.39, 0.29) is 0 Å². The highest BCUT2D eigenvalue weighted by atomic mass is 28.3. The molecule has 0 bridgehead atoms. The summed E-state index contributed by atoms with van der Waals surface area (Å²) in [4.78, 5) is 10.5. The van der Waals surface area contributed by atoms with E-state index in [0.29, 0.717) is 0 Å². The molecule has 0 radical (unpaired) electrons. The standard InChI is InChI=1S/C45H30N2Si/c1-2-13-31(14-3-1)43-40-29-34-16-6-7-17-37(34)44(40)47-45(46-43)32-23-25-35(26-24-32)48(36-27-22-30-12-4-5-15-33(30)28-36)41-20-10-8-18-38(41)39-19-9-11-21-42(39)48/h1-28H,29H2. The van der Waals surface area contributed by atoms with Gasteiger partial charge in [-0.15, -0.1) is 0 Å². The first-order chi connectivity index (χ1) is 23.8. The van der Waals surface area contributed by atoms with Crippen LogP contribution in [0, 0.1) is 0 Å². The Morgan fingerprint density at radius 1 is 0.417 bits per heavy atom. The molecule has 0 fully saturated rings. The van der Waals surface area contributed by atoms with Gasteiger partial charge in [-0.3, -0.25) is 0 Å². The van der Waals surface area contributed by atoms with E-state index in [2.05, 4.69) is 170 Å². The maximum atomic E-state index is 5.28. The molecule has 48 heavy (non-hydrogen) atoms. The summed E-state index contributed by atoms with van der Waals surface area (Å²) >= 11 is 0. The van der Waals surface area contributed by atoms with Gasteiger partial charge in [-0.25, -0.2) is 9.97 Å². The monoisotopic (exact) mass is 626 g/mol. The Labute approximate surface area is 281 Å². The van der Waals surface area contributed by atoms with Crippen LogP contribution in [0.1, 0.15) is 11.1 Å². The summed E-state index contributed by atoms with van der Waals surface area (Å²) in [5, 5.41) is 8.22. The summed E-state index contributed by atoms with van der Waals surface area (Å²) in [6, 6.07) is 62.4. The van der Waals surface area contributed by atoms with E-state index >= 15 is 0 Å². The lowest BCUT2D eigenvalue weighted by Gasteiger charge is -2.31. The first kappa shape index (κ1) is 27.2. The normalized spacial score (nSPS) is 13.5. The van der Waals surface area contributed by atoms with Crippen molar-refractivity contribution in [3.8, 4) is 45.0 Å². The van der Waals surface area contributed by atoms with Crippen molar-refractivity contribution in [2.24, 2.45) is 0 Å². The van der Waals surface area contributed by atoms with Crippen LogP contribution in [0.2, 0.25) is 0 Å². The molecule has 0 saturated carbocycles. The fraction of sp³-hybridized carbons (Fsp3) is 0.0222. The third-order valence-electron chi connectivity index (χ3n) is 10.4. The van der Waals surface area contributed by atoms with Crippen LogP contribution in [-0.4, -0.2) is 18.0 Å². The third kappa shape index (κ3) is 3.92. The highest BCUT2D eigenvalue weighted by Gasteiger charge is 2.48. The predicted octanol–water partition coefficient (Wildman–Crippen LogP) is 7.89. The molecule has 1 aliphatic heterocycles. The van der Waals surface area contributed by atoms with Gasteiger partial charge in [0.1, 0.15) is 0 Å². The van der Waals surface area contributed by atoms with Crippen LogP contribution in [0.25, 0.3) is 55.8 Å². The fourth-order valence-corrected chi connectivity index (χ4v) is 13.4. The predicted molar refractivity (Wildman–Crippen MR) is 201 cm³/mol. The number of benzene rings is 7. The number of hydrogen-bond acceptors (Lipinski definition) is 2. The molecule has 7 aromatic carbocycles. The largest absolute Gasteiger partial charge is 0.228 e. The molecule has 3 heteroatoms. The summed E-state index contributed by atoms with van der Waals surface area (Å²) in [7, 11) is -2.64. The molecule has 0 atom stereocenters. The lowest BCUT2D eigenvalue weighted by molar-refractivity contribution is 1.13. The van der Waals surface area contributed by atoms with Crippen LogP contribution in [-0.2, 0) is 6.42 Å². The van der Waals surface area contributed by atoms with Crippen molar-refractivity contribution in [3.05, 3.63) is 181 Å². The minimum atomic E-state index is -2.64. The molecule has 2 heterocycles. The molecular weight excluding hydrogens is 597 g/mol. The minimum Gasteiger partial charge on any atom is -0.228 e.